The maximum Gasteiger partial charge on any atom is -0.0279 e. The smallest absolute Gasteiger partial charge is 0.0279 e. The third kappa shape index (κ3) is 6.14. The number of rotatable bonds is 8. The van der Waals surface area contributed by atoms with Crippen LogP contribution in [0.5, 0.6) is 0 Å². The SMILES string of the molecule is CCC[C@H]1CC[C@H]([C@H]2CC[C@H](CCCCc3ccc(C)cc3)CC2)CC1. The number of benzene rings is 1. The minimum Gasteiger partial charge on any atom is -0.0654 e. The highest BCUT2D eigenvalue weighted by Crippen LogP contribution is 2.43. The molecule has 0 heteroatoms. The van der Waals surface area contributed by atoms with Gasteiger partial charge in [0.05, 0.1) is 0 Å². The molecule has 2 saturated carbocycles. The Kier molecular flexibility index (Phi) is 8.08. The quantitative estimate of drug-likeness (QED) is 0.413. The van der Waals surface area contributed by atoms with Crippen molar-refractivity contribution in [3.8, 4) is 0 Å². The number of aryl methyl sites for hydroxylation is 2. The zero-order valence-electron chi connectivity index (χ0n) is 17.5. The number of unbranched alkanes of at least 4 members (excludes halogenated alkanes) is 1. The molecule has 0 bridgehead atoms. The fourth-order valence-electron chi connectivity index (χ4n) is 5.82. The van der Waals surface area contributed by atoms with Gasteiger partial charge in [-0.3, -0.25) is 0 Å². The first kappa shape index (κ1) is 20.0. The number of hydrogen-bond donors (Lipinski definition) is 0. The summed E-state index contributed by atoms with van der Waals surface area (Å²) in [6, 6.07) is 9.14. The predicted molar refractivity (Wildman–Crippen MR) is 115 cm³/mol. The average molecular weight is 355 g/mol. The van der Waals surface area contributed by atoms with Gasteiger partial charge in [0.25, 0.3) is 0 Å². The molecule has 3 rings (SSSR count). The van der Waals surface area contributed by atoms with Crippen LogP contribution in [0.25, 0.3) is 0 Å². The summed E-state index contributed by atoms with van der Waals surface area (Å²) in [7, 11) is 0. The zero-order chi connectivity index (χ0) is 18.2. The Hall–Kier alpha value is -0.780. The predicted octanol–water partition coefficient (Wildman–Crippen LogP) is 8.12. The molecule has 0 aromatic heterocycles. The first-order valence-electron chi connectivity index (χ1n) is 11.8. The Morgan fingerprint density at radius 2 is 1.23 bits per heavy atom. The lowest BCUT2D eigenvalue weighted by Gasteiger charge is -2.38. The summed E-state index contributed by atoms with van der Waals surface area (Å²) in [6.07, 6.45) is 20.8. The van der Waals surface area contributed by atoms with Crippen LogP contribution in [-0.4, -0.2) is 0 Å². The van der Waals surface area contributed by atoms with Crippen LogP contribution in [0.1, 0.15) is 102 Å². The van der Waals surface area contributed by atoms with Crippen molar-refractivity contribution in [2.75, 3.05) is 0 Å². The molecule has 2 aliphatic carbocycles. The summed E-state index contributed by atoms with van der Waals surface area (Å²) in [5, 5.41) is 0. The van der Waals surface area contributed by atoms with E-state index in [2.05, 4.69) is 38.1 Å². The van der Waals surface area contributed by atoms with E-state index >= 15 is 0 Å². The molecule has 0 unspecified atom stereocenters. The van der Waals surface area contributed by atoms with Crippen molar-refractivity contribution >= 4 is 0 Å². The van der Waals surface area contributed by atoms with E-state index in [0.29, 0.717) is 0 Å². The first-order valence-corrected chi connectivity index (χ1v) is 11.8. The van der Waals surface area contributed by atoms with Gasteiger partial charge < -0.3 is 0 Å². The van der Waals surface area contributed by atoms with Crippen LogP contribution in [0.2, 0.25) is 0 Å². The van der Waals surface area contributed by atoms with E-state index in [1.54, 1.807) is 25.7 Å². The van der Waals surface area contributed by atoms with Gasteiger partial charge in [-0.25, -0.2) is 0 Å². The molecular formula is C26H42. The van der Waals surface area contributed by atoms with Gasteiger partial charge in [0.15, 0.2) is 0 Å². The summed E-state index contributed by atoms with van der Waals surface area (Å²) < 4.78 is 0. The van der Waals surface area contributed by atoms with E-state index in [4.69, 9.17) is 0 Å². The second-order valence-corrected chi connectivity index (χ2v) is 9.58. The molecule has 0 amide bonds. The molecular weight excluding hydrogens is 312 g/mol. The van der Waals surface area contributed by atoms with Gasteiger partial charge in [0, 0.05) is 0 Å². The van der Waals surface area contributed by atoms with Gasteiger partial charge in [-0.05, 0) is 74.7 Å². The van der Waals surface area contributed by atoms with Crippen molar-refractivity contribution in [2.24, 2.45) is 23.7 Å². The topological polar surface area (TPSA) is 0 Å². The minimum atomic E-state index is 1.04. The minimum absolute atomic E-state index is 1.04. The Morgan fingerprint density at radius 1 is 0.692 bits per heavy atom. The van der Waals surface area contributed by atoms with E-state index in [-0.39, 0.29) is 0 Å². The van der Waals surface area contributed by atoms with E-state index in [9.17, 15) is 0 Å². The van der Waals surface area contributed by atoms with Crippen LogP contribution >= 0.6 is 0 Å². The van der Waals surface area contributed by atoms with Gasteiger partial charge in [0.1, 0.15) is 0 Å². The van der Waals surface area contributed by atoms with Gasteiger partial charge in [-0.15, -0.1) is 0 Å². The van der Waals surface area contributed by atoms with Crippen LogP contribution in [0.15, 0.2) is 24.3 Å². The summed E-state index contributed by atoms with van der Waals surface area (Å²) >= 11 is 0. The molecule has 0 atom stereocenters. The zero-order valence-corrected chi connectivity index (χ0v) is 17.5. The Bertz CT molecular complexity index is 483. The second-order valence-electron chi connectivity index (χ2n) is 9.58. The van der Waals surface area contributed by atoms with E-state index in [1.807, 2.05) is 0 Å². The molecule has 0 N–H and O–H groups in total. The molecule has 2 aliphatic rings. The lowest BCUT2D eigenvalue weighted by Crippen LogP contribution is -2.25. The van der Waals surface area contributed by atoms with Crippen molar-refractivity contribution in [1.29, 1.82) is 0 Å². The molecule has 0 heterocycles. The van der Waals surface area contributed by atoms with Crippen LogP contribution in [0, 0.1) is 30.6 Å². The lowest BCUT2D eigenvalue weighted by atomic mass is 9.68. The maximum absolute atomic E-state index is 2.36. The Labute approximate surface area is 163 Å². The third-order valence-corrected chi connectivity index (χ3v) is 7.59. The fourth-order valence-corrected chi connectivity index (χ4v) is 5.82. The van der Waals surface area contributed by atoms with Gasteiger partial charge in [-0.1, -0.05) is 88.1 Å². The monoisotopic (exact) mass is 354 g/mol. The lowest BCUT2D eigenvalue weighted by molar-refractivity contribution is 0.140. The Morgan fingerprint density at radius 3 is 1.77 bits per heavy atom. The standard InChI is InChI=1S/C26H42/c1-3-6-22-13-17-25(18-14-22)26-19-15-24(16-20-26)8-5-4-7-23-11-9-21(2)10-12-23/h9-12,22,24-26H,3-8,13-20H2,1-2H3/t22-,24-,25-,26-. The van der Waals surface area contributed by atoms with E-state index in [1.165, 1.54) is 75.3 Å². The number of hydrogen-bond acceptors (Lipinski definition) is 0. The van der Waals surface area contributed by atoms with Crippen molar-refractivity contribution in [2.45, 2.75) is 104 Å². The molecule has 0 aliphatic heterocycles. The first-order chi connectivity index (χ1) is 12.7. The Balaban J connectivity index is 1.27. The van der Waals surface area contributed by atoms with Crippen molar-refractivity contribution in [3.05, 3.63) is 35.4 Å². The summed E-state index contributed by atoms with van der Waals surface area (Å²) in [6.45, 7) is 4.53. The van der Waals surface area contributed by atoms with Crippen LogP contribution in [-0.2, 0) is 6.42 Å². The molecule has 0 saturated heterocycles. The van der Waals surface area contributed by atoms with Crippen LogP contribution < -0.4 is 0 Å². The van der Waals surface area contributed by atoms with Crippen LogP contribution in [0.4, 0.5) is 0 Å². The average Bonchev–Trinajstić information content (AvgIpc) is 2.68. The van der Waals surface area contributed by atoms with Gasteiger partial charge >= 0.3 is 0 Å². The van der Waals surface area contributed by atoms with Crippen molar-refractivity contribution in [1.82, 2.24) is 0 Å². The highest BCUT2D eigenvalue weighted by atomic mass is 14.4. The van der Waals surface area contributed by atoms with Crippen molar-refractivity contribution in [3.63, 3.8) is 0 Å². The molecule has 2 fully saturated rings. The highest BCUT2D eigenvalue weighted by Gasteiger charge is 2.30. The molecule has 0 nitrogen and oxygen atoms in total. The largest absolute Gasteiger partial charge is 0.0654 e. The molecule has 1 aromatic rings. The van der Waals surface area contributed by atoms with Gasteiger partial charge in [0.2, 0.25) is 0 Å². The normalized spacial score (nSPS) is 29.6. The molecule has 26 heavy (non-hydrogen) atoms. The summed E-state index contributed by atoms with van der Waals surface area (Å²) in [5.41, 5.74) is 2.90. The molecule has 1 aromatic carbocycles. The molecule has 146 valence electrons. The molecule has 0 radical (unpaired) electrons. The second kappa shape index (κ2) is 10.5. The third-order valence-electron chi connectivity index (χ3n) is 7.59. The van der Waals surface area contributed by atoms with Crippen molar-refractivity contribution < 1.29 is 0 Å². The highest BCUT2D eigenvalue weighted by molar-refractivity contribution is 5.21. The summed E-state index contributed by atoms with van der Waals surface area (Å²) in [4.78, 5) is 0. The van der Waals surface area contributed by atoms with E-state index < -0.39 is 0 Å². The van der Waals surface area contributed by atoms with Gasteiger partial charge in [-0.2, -0.15) is 0 Å². The molecule has 0 spiro atoms. The maximum atomic E-state index is 2.36. The fraction of sp³-hybridized carbons (Fsp3) is 0.769. The summed E-state index contributed by atoms with van der Waals surface area (Å²) in [5.74, 6) is 4.29. The van der Waals surface area contributed by atoms with Crippen LogP contribution in [0.3, 0.4) is 0 Å². The van der Waals surface area contributed by atoms with E-state index in [0.717, 1.165) is 23.7 Å².